The lowest BCUT2D eigenvalue weighted by molar-refractivity contribution is 0.0491. The van der Waals surface area contributed by atoms with Gasteiger partial charge in [0.2, 0.25) is 11.8 Å². The van der Waals surface area contributed by atoms with E-state index in [1.165, 1.54) is 25.7 Å². The molecular formula is C26H37N3O3. The Kier molecular flexibility index (Phi) is 7.85. The van der Waals surface area contributed by atoms with E-state index in [0.717, 1.165) is 48.8 Å². The Hall–Kier alpha value is -2.34. The number of nitrogens with one attached hydrogen (secondary N) is 1. The van der Waals surface area contributed by atoms with Crippen molar-refractivity contribution < 1.29 is 14.2 Å². The highest BCUT2D eigenvalue weighted by Gasteiger charge is 2.21. The minimum Gasteiger partial charge on any atom is -0.491 e. The molecule has 0 radical (unpaired) electrons. The van der Waals surface area contributed by atoms with Gasteiger partial charge in [-0.2, -0.15) is 4.98 Å². The van der Waals surface area contributed by atoms with Gasteiger partial charge in [0.25, 0.3) is 0 Å². The molecule has 4 rings (SSSR count). The lowest BCUT2D eigenvalue weighted by Gasteiger charge is -2.27. The molecule has 0 spiro atoms. The van der Waals surface area contributed by atoms with Gasteiger partial charge >= 0.3 is 0 Å². The molecule has 1 aromatic heterocycles. The summed E-state index contributed by atoms with van der Waals surface area (Å²) in [5.41, 5.74) is 1.94. The second-order valence-electron chi connectivity index (χ2n) is 9.57. The van der Waals surface area contributed by atoms with Crippen LogP contribution in [0.4, 0.5) is 5.95 Å². The molecule has 2 aromatic rings. The summed E-state index contributed by atoms with van der Waals surface area (Å²) in [6.07, 6.45) is 8.96. The fraction of sp³-hybridized carbons (Fsp3) is 0.615. The van der Waals surface area contributed by atoms with Gasteiger partial charge in [0.15, 0.2) is 0 Å². The quantitative estimate of drug-likeness (QED) is 0.567. The highest BCUT2D eigenvalue weighted by Crippen LogP contribution is 2.32. The fourth-order valence-electron chi connectivity index (χ4n) is 4.43. The number of benzene rings is 1. The Balaban J connectivity index is 1.52. The fourth-order valence-corrected chi connectivity index (χ4v) is 4.43. The first-order valence-electron chi connectivity index (χ1n) is 12.2. The number of aromatic nitrogens is 2. The van der Waals surface area contributed by atoms with Gasteiger partial charge in [-0.3, -0.25) is 0 Å². The Labute approximate surface area is 192 Å². The van der Waals surface area contributed by atoms with Crippen molar-refractivity contribution in [2.45, 2.75) is 71.4 Å². The lowest BCUT2D eigenvalue weighted by Crippen LogP contribution is -2.26. The maximum absolute atomic E-state index is 6.29. The molecule has 1 aliphatic heterocycles. The minimum absolute atomic E-state index is 0.149. The van der Waals surface area contributed by atoms with E-state index >= 15 is 0 Å². The van der Waals surface area contributed by atoms with Crippen molar-refractivity contribution in [1.82, 2.24) is 9.97 Å². The van der Waals surface area contributed by atoms with Crippen LogP contribution in [-0.4, -0.2) is 41.9 Å². The average molecular weight is 440 g/mol. The summed E-state index contributed by atoms with van der Waals surface area (Å²) < 4.78 is 17.6. The van der Waals surface area contributed by atoms with Crippen molar-refractivity contribution in [2.75, 3.05) is 25.1 Å². The molecule has 1 aliphatic carbocycles. The van der Waals surface area contributed by atoms with Gasteiger partial charge in [-0.1, -0.05) is 19.1 Å². The molecule has 6 nitrogen and oxygen atoms in total. The molecule has 1 aromatic carbocycles. The smallest absolute Gasteiger partial charge is 0.226 e. The summed E-state index contributed by atoms with van der Waals surface area (Å²) in [4.78, 5) is 9.45. The van der Waals surface area contributed by atoms with Crippen LogP contribution in [0.5, 0.6) is 11.6 Å². The largest absolute Gasteiger partial charge is 0.491 e. The molecule has 1 saturated carbocycles. The second-order valence-corrected chi connectivity index (χ2v) is 9.57. The molecule has 2 heterocycles. The Morgan fingerprint density at radius 2 is 1.75 bits per heavy atom. The topological polar surface area (TPSA) is 65.5 Å². The number of hydrogen-bond donors (Lipinski definition) is 1. The van der Waals surface area contributed by atoms with Gasteiger partial charge in [-0.25, -0.2) is 4.98 Å². The second kappa shape index (κ2) is 11.0. The van der Waals surface area contributed by atoms with Crippen LogP contribution >= 0.6 is 0 Å². The van der Waals surface area contributed by atoms with Gasteiger partial charge in [-0.05, 0) is 81.9 Å². The average Bonchev–Trinajstić information content (AvgIpc) is 2.80. The molecule has 1 saturated heterocycles. The van der Waals surface area contributed by atoms with E-state index in [9.17, 15) is 0 Å². The van der Waals surface area contributed by atoms with E-state index < -0.39 is 0 Å². The van der Waals surface area contributed by atoms with Gasteiger partial charge in [0.1, 0.15) is 5.75 Å². The van der Waals surface area contributed by atoms with E-state index in [-0.39, 0.29) is 6.10 Å². The molecule has 32 heavy (non-hydrogen) atoms. The van der Waals surface area contributed by atoms with Crippen LogP contribution in [0, 0.1) is 11.8 Å². The monoisotopic (exact) mass is 439 g/mol. The number of rotatable bonds is 8. The van der Waals surface area contributed by atoms with E-state index in [4.69, 9.17) is 19.2 Å². The standard InChI is InChI=1S/C26H37N3O3/c1-18(2)32-23-10-6-21(7-11-23)24-16-27-26(28-22-8-4-19(3)5-9-22)29-25(24)31-17-20-12-14-30-15-13-20/h6-7,10-11,16,18-20,22H,4-5,8-9,12-15,17H2,1-3H3,(H,27,28,29). The lowest BCUT2D eigenvalue weighted by atomic mass is 9.87. The van der Waals surface area contributed by atoms with Crippen LogP contribution in [-0.2, 0) is 4.74 Å². The summed E-state index contributed by atoms with van der Waals surface area (Å²) in [5.74, 6) is 3.49. The van der Waals surface area contributed by atoms with E-state index in [1.807, 2.05) is 44.3 Å². The first-order chi connectivity index (χ1) is 15.6. The third kappa shape index (κ3) is 6.35. The molecule has 1 N–H and O–H groups in total. The van der Waals surface area contributed by atoms with Crippen molar-refractivity contribution in [1.29, 1.82) is 0 Å². The van der Waals surface area contributed by atoms with Crippen LogP contribution < -0.4 is 14.8 Å². The predicted molar refractivity (Wildman–Crippen MR) is 127 cm³/mol. The summed E-state index contributed by atoms with van der Waals surface area (Å²) in [7, 11) is 0. The zero-order valence-corrected chi connectivity index (χ0v) is 19.7. The first kappa shape index (κ1) is 22.8. The van der Waals surface area contributed by atoms with Crippen molar-refractivity contribution in [3.8, 4) is 22.8 Å². The Morgan fingerprint density at radius 1 is 1.03 bits per heavy atom. The van der Waals surface area contributed by atoms with Crippen molar-refractivity contribution in [2.24, 2.45) is 11.8 Å². The summed E-state index contributed by atoms with van der Waals surface area (Å²) in [5, 5.41) is 3.55. The third-order valence-corrected chi connectivity index (χ3v) is 6.44. The molecule has 6 heteroatoms. The van der Waals surface area contributed by atoms with Crippen LogP contribution in [0.1, 0.15) is 59.3 Å². The Bertz CT molecular complexity index is 842. The molecule has 2 aliphatic rings. The van der Waals surface area contributed by atoms with Crippen LogP contribution in [0.3, 0.4) is 0 Å². The van der Waals surface area contributed by atoms with Gasteiger partial charge in [-0.15, -0.1) is 0 Å². The molecular weight excluding hydrogens is 402 g/mol. The molecule has 0 unspecified atom stereocenters. The normalized spacial score (nSPS) is 22.0. The number of hydrogen-bond acceptors (Lipinski definition) is 6. The first-order valence-corrected chi connectivity index (χ1v) is 12.2. The SMILES string of the molecule is CC1CCC(Nc2ncc(-c3ccc(OC(C)C)cc3)c(OCC3CCOCC3)n2)CC1. The van der Waals surface area contributed by atoms with Crippen LogP contribution in [0.2, 0.25) is 0 Å². The summed E-state index contributed by atoms with van der Waals surface area (Å²) >= 11 is 0. The number of nitrogens with zero attached hydrogens (tertiary/aromatic N) is 2. The van der Waals surface area contributed by atoms with Crippen molar-refractivity contribution in [3.63, 3.8) is 0 Å². The van der Waals surface area contributed by atoms with Gasteiger partial charge < -0.3 is 19.5 Å². The minimum atomic E-state index is 0.149. The molecule has 0 atom stereocenters. The summed E-state index contributed by atoms with van der Waals surface area (Å²) in [6, 6.07) is 8.52. The highest BCUT2D eigenvalue weighted by atomic mass is 16.5. The van der Waals surface area contributed by atoms with E-state index in [2.05, 4.69) is 17.2 Å². The number of ether oxygens (including phenoxy) is 3. The predicted octanol–water partition coefficient (Wildman–Crippen LogP) is 5.73. The molecule has 2 fully saturated rings. The molecule has 174 valence electrons. The molecule has 0 bridgehead atoms. The van der Waals surface area contributed by atoms with Crippen molar-refractivity contribution in [3.05, 3.63) is 30.5 Å². The molecule has 0 amide bonds. The zero-order chi connectivity index (χ0) is 22.3. The van der Waals surface area contributed by atoms with Gasteiger partial charge in [0, 0.05) is 25.5 Å². The van der Waals surface area contributed by atoms with E-state index in [1.54, 1.807) is 0 Å². The van der Waals surface area contributed by atoms with Crippen LogP contribution in [0.15, 0.2) is 30.5 Å². The van der Waals surface area contributed by atoms with E-state index in [0.29, 0.717) is 30.4 Å². The van der Waals surface area contributed by atoms with Gasteiger partial charge in [0.05, 0.1) is 18.3 Å². The third-order valence-electron chi connectivity index (χ3n) is 6.44. The van der Waals surface area contributed by atoms with Crippen LogP contribution in [0.25, 0.3) is 11.1 Å². The highest BCUT2D eigenvalue weighted by molar-refractivity contribution is 5.69. The Morgan fingerprint density at radius 3 is 2.44 bits per heavy atom. The zero-order valence-electron chi connectivity index (χ0n) is 19.7. The summed E-state index contributed by atoms with van der Waals surface area (Å²) in [6.45, 7) is 8.68. The van der Waals surface area contributed by atoms with Crippen molar-refractivity contribution >= 4 is 5.95 Å². The maximum Gasteiger partial charge on any atom is 0.226 e. The number of anilines is 1. The maximum atomic E-state index is 6.29.